The van der Waals surface area contributed by atoms with Gasteiger partial charge in [0.05, 0.1) is 14.2 Å². The van der Waals surface area contributed by atoms with E-state index in [1.165, 1.54) is 7.11 Å². The molecule has 1 rings (SSSR count). The summed E-state index contributed by atoms with van der Waals surface area (Å²) in [5.41, 5.74) is 6.73. The summed E-state index contributed by atoms with van der Waals surface area (Å²) < 4.78 is 10.6. The van der Waals surface area contributed by atoms with Crippen molar-refractivity contribution in [2.24, 2.45) is 5.73 Å². The number of hydrogen-bond acceptors (Lipinski definition) is 4. The van der Waals surface area contributed by atoms with Gasteiger partial charge in [0.15, 0.2) is 11.5 Å². The van der Waals surface area contributed by atoms with Crippen molar-refractivity contribution < 1.29 is 14.3 Å². The van der Waals surface area contributed by atoms with E-state index in [1.54, 1.807) is 25.3 Å². The summed E-state index contributed by atoms with van der Waals surface area (Å²) >= 11 is 0. The van der Waals surface area contributed by atoms with E-state index in [4.69, 9.17) is 15.2 Å². The summed E-state index contributed by atoms with van der Waals surface area (Å²) in [5, 5.41) is 2.72. The average Bonchev–Trinajstić information content (AvgIpc) is 2.44. The molecule has 1 amide bonds. The second kappa shape index (κ2) is 7.43. The molecule has 0 aromatic heterocycles. The zero-order valence-electron chi connectivity index (χ0n) is 11.4. The molecule has 5 heteroatoms. The number of rotatable bonds is 7. The van der Waals surface area contributed by atoms with E-state index in [2.05, 4.69) is 11.9 Å². The molecule has 1 aromatic carbocycles. The van der Waals surface area contributed by atoms with Crippen LogP contribution in [-0.2, 0) is 6.42 Å². The predicted molar refractivity (Wildman–Crippen MR) is 74.8 cm³/mol. The lowest BCUT2D eigenvalue weighted by Gasteiger charge is -2.14. The van der Waals surface area contributed by atoms with Crippen molar-refractivity contribution in [3.63, 3.8) is 0 Å². The topological polar surface area (TPSA) is 73.6 Å². The van der Waals surface area contributed by atoms with Crippen LogP contribution in [0, 0.1) is 0 Å². The number of carbonyl (C=O) groups excluding carboxylic acids is 1. The number of methoxy groups -OCH3 is 2. The lowest BCUT2D eigenvalue weighted by Crippen LogP contribution is -2.29. The highest BCUT2D eigenvalue weighted by Crippen LogP contribution is 2.33. The molecule has 0 atom stereocenters. The van der Waals surface area contributed by atoms with Gasteiger partial charge in [-0.15, -0.1) is 6.58 Å². The summed E-state index contributed by atoms with van der Waals surface area (Å²) in [6, 6.07) is 3.42. The SMILES string of the molecule is C=CCc1cc(C(=O)NCCN)cc(OC)c1OC. The van der Waals surface area contributed by atoms with Gasteiger partial charge in [-0.3, -0.25) is 4.79 Å². The van der Waals surface area contributed by atoms with Gasteiger partial charge in [-0.2, -0.15) is 0 Å². The summed E-state index contributed by atoms with van der Waals surface area (Å²) in [6.45, 7) is 4.53. The van der Waals surface area contributed by atoms with Crippen LogP contribution in [0.4, 0.5) is 0 Å². The van der Waals surface area contributed by atoms with Crippen molar-refractivity contribution in [3.8, 4) is 11.5 Å². The number of ether oxygens (including phenoxy) is 2. The van der Waals surface area contributed by atoms with Crippen molar-refractivity contribution in [3.05, 3.63) is 35.9 Å². The summed E-state index contributed by atoms with van der Waals surface area (Å²) in [4.78, 5) is 11.9. The Labute approximate surface area is 113 Å². The molecule has 0 heterocycles. The van der Waals surface area contributed by atoms with E-state index in [0.29, 0.717) is 36.6 Å². The highest BCUT2D eigenvalue weighted by Gasteiger charge is 2.15. The number of amides is 1. The maximum absolute atomic E-state index is 11.9. The molecule has 104 valence electrons. The molecule has 0 fully saturated rings. The Balaban J connectivity index is 3.16. The van der Waals surface area contributed by atoms with Gasteiger partial charge in [0.25, 0.3) is 5.91 Å². The van der Waals surface area contributed by atoms with Crippen LogP contribution < -0.4 is 20.5 Å². The predicted octanol–water partition coefficient (Wildman–Crippen LogP) is 1.12. The largest absolute Gasteiger partial charge is 0.493 e. The normalized spacial score (nSPS) is 9.84. The lowest BCUT2D eigenvalue weighted by atomic mass is 10.0. The monoisotopic (exact) mass is 264 g/mol. The van der Waals surface area contributed by atoms with E-state index in [-0.39, 0.29) is 5.91 Å². The molecule has 0 saturated carbocycles. The third-order valence-corrected chi connectivity index (χ3v) is 2.61. The van der Waals surface area contributed by atoms with Crippen LogP contribution in [0.3, 0.4) is 0 Å². The molecular formula is C14H20N2O3. The van der Waals surface area contributed by atoms with E-state index in [0.717, 1.165) is 5.56 Å². The number of benzene rings is 1. The number of allylic oxidation sites excluding steroid dienone is 1. The van der Waals surface area contributed by atoms with Crippen LogP contribution in [0.2, 0.25) is 0 Å². The molecule has 1 aromatic rings. The second-order valence-electron chi connectivity index (χ2n) is 3.91. The van der Waals surface area contributed by atoms with Crippen LogP contribution in [0.25, 0.3) is 0 Å². The summed E-state index contributed by atoms with van der Waals surface area (Å²) in [5.74, 6) is 0.967. The maximum atomic E-state index is 11.9. The number of nitrogens with one attached hydrogen (secondary N) is 1. The van der Waals surface area contributed by atoms with Gasteiger partial charge in [-0.1, -0.05) is 6.08 Å². The van der Waals surface area contributed by atoms with Crippen LogP contribution in [-0.4, -0.2) is 33.2 Å². The summed E-state index contributed by atoms with van der Waals surface area (Å²) in [6.07, 6.45) is 2.34. The molecule has 19 heavy (non-hydrogen) atoms. The highest BCUT2D eigenvalue weighted by molar-refractivity contribution is 5.95. The van der Waals surface area contributed by atoms with Gasteiger partial charge in [-0.25, -0.2) is 0 Å². The van der Waals surface area contributed by atoms with Crippen molar-refractivity contribution >= 4 is 5.91 Å². The number of carbonyl (C=O) groups is 1. The first-order valence-corrected chi connectivity index (χ1v) is 6.02. The third kappa shape index (κ3) is 3.72. The van der Waals surface area contributed by atoms with Crippen LogP contribution >= 0.6 is 0 Å². The molecule has 0 aliphatic rings. The fraction of sp³-hybridized carbons (Fsp3) is 0.357. The van der Waals surface area contributed by atoms with Crippen molar-refractivity contribution in [2.75, 3.05) is 27.3 Å². The van der Waals surface area contributed by atoms with Crippen molar-refractivity contribution in [1.82, 2.24) is 5.32 Å². The Hall–Kier alpha value is -2.01. The van der Waals surface area contributed by atoms with Crippen LogP contribution in [0.1, 0.15) is 15.9 Å². The minimum atomic E-state index is -0.184. The molecular weight excluding hydrogens is 244 g/mol. The molecule has 0 spiro atoms. The Kier molecular flexibility index (Phi) is 5.89. The number of hydrogen-bond donors (Lipinski definition) is 2. The maximum Gasteiger partial charge on any atom is 0.251 e. The lowest BCUT2D eigenvalue weighted by molar-refractivity contribution is 0.0954. The molecule has 0 saturated heterocycles. The smallest absolute Gasteiger partial charge is 0.251 e. The fourth-order valence-electron chi connectivity index (χ4n) is 1.77. The second-order valence-corrected chi connectivity index (χ2v) is 3.91. The molecule has 0 unspecified atom stereocenters. The molecule has 0 radical (unpaired) electrons. The van der Waals surface area contributed by atoms with Gasteiger partial charge >= 0.3 is 0 Å². The molecule has 0 aliphatic heterocycles. The Morgan fingerprint density at radius 3 is 2.68 bits per heavy atom. The fourth-order valence-corrected chi connectivity index (χ4v) is 1.77. The van der Waals surface area contributed by atoms with E-state index < -0.39 is 0 Å². The van der Waals surface area contributed by atoms with Gasteiger partial charge in [0.1, 0.15) is 0 Å². The molecule has 0 bridgehead atoms. The average molecular weight is 264 g/mol. The van der Waals surface area contributed by atoms with E-state index in [1.807, 2.05) is 0 Å². The highest BCUT2D eigenvalue weighted by atomic mass is 16.5. The zero-order chi connectivity index (χ0) is 14.3. The molecule has 0 aliphatic carbocycles. The minimum absolute atomic E-state index is 0.184. The first-order chi connectivity index (χ1) is 9.17. The van der Waals surface area contributed by atoms with Gasteiger partial charge < -0.3 is 20.5 Å². The first kappa shape index (κ1) is 15.0. The van der Waals surface area contributed by atoms with Crippen LogP contribution in [0.5, 0.6) is 11.5 Å². The van der Waals surface area contributed by atoms with Gasteiger partial charge in [0, 0.05) is 24.2 Å². The van der Waals surface area contributed by atoms with Gasteiger partial charge in [0.2, 0.25) is 0 Å². The Morgan fingerprint density at radius 1 is 1.42 bits per heavy atom. The van der Waals surface area contributed by atoms with E-state index >= 15 is 0 Å². The van der Waals surface area contributed by atoms with Crippen LogP contribution in [0.15, 0.2) is 24.8 Å². The van der Waals surface area contributed by atoms with Crippen molar-refractivity contribution in [1.29, 1.82) is 0 Å². The quantitative estimate of drug-likeness (QED) is 0.724. The molecule has 3 N–H and O–H groups in total. The Morgan fingerprint density at radius 2 is 2.16 bits per heavy atom. The zero-order valence-corrected chi connectivity index (χ0v) is 11.4. The van der Waals surface area contributed by atoms with Crippen molar-refractivity contribution in [2.45, 2.75) is 6.42 Å². The summed E-state index contributed by atoms with van der Waals surface area (Å²) in [7, 11) is 3.11. The third-order valence-electron chi connectivity index (χ3n) is 2.61. The Bertz CT molecular complexity index is 458. The molecule has 5 nitrogen and oxygen atoms in total. The standard InChI is InChI=1S/C14H20N2O3/c1-4-5-10-8-11(14(17)16-7-6-15)9-12(18-2)13(10)19-3/h4,8-9H,1,5-7,15H2,2-3H3,(H,16,17). The van der Waals surface area contributed by atoms with E-state index in [9.17, 15) is 4.79 Å². The number of nitrogens with two attached hydrogens (primary N) is 1. The minimum Gasteiger partial charge on any atom is -0.493 e. The first-order valence-electron chi connectivity index (χ1n) is 6.02. The van der Waals surface area contributed by atoms with Gasteiger partial charge in [-0.05, 0) is 18.6 Å².